The third-order valence-electron chi connectivity index (χ3n) is 2.65. The van der Waals surface area contributed by atoms with Crippen LogP contribution in [0.1, 0.15) is 23.4 Å². The van der Waals surface area contributed by atoms with Gasteiger partial charge in [0.05, 0.1) is 0 Å². The minimum atomic E-state index is -2.40. The summed E-state index contributed by atoms with van der Waals surface area (Å²) >= 11 is 0. The summed E-state index contributed by atoms with van der Waals surface area (Å²) in [4.78, 5) is 7.13. The summed E-state index contributed by atoms with van der Waals surface area (Å²) in [6.07, 6.45) is 1.93. The largest absolute Gasteiger partial charge is 0.349 e. The van der Waals surface area contributed by atoms with Crippen LogP contribution in [0.15, 0.2) is 36.7 Å². The first-order chi connectivity index (χ1) is 8.75. The van der Waals surface area contributed by atoms with E-state index in [1.54, 1.807) is 24.5 Å². The van der Waals surface area contributed by atoms with Crippen molar-refractivity contribution in [2.24, 2.45) is 0 Å². The summed E-state index contributed by atoms with van der Waals surface area (Å²) in [5, 5.41) is 3.24. The second-order valence-electron chi connectivity index (χ2n) is 4.00. The van der Waals surface area contributed by atoms with Gasteiger partial charge in [0.25, 0.3) is 6.43 Å². The Labute approximate surface area is 104 Å². The lowest BCUT2D eigenvalue weighted by molar-refractivity contribution is 0.151. The molecule has 18 heavy (non-hydrogen) atoms. The van der Waals surface area contributed by atoms with Crippen molar-refractivity contribution in [3.8, 4) is 0 Å². The molecule has 5 heteroatoms. The predicted molar refractivity (Wildman–Crippen MR) is 65.4 cm³/mol. The summed E-state index contributed by atoms with van der Waals surface area (Å²) in [7, 11) is 0. The van der Waals surface area contributed by atoms with E-state index in [0.29, 0.717) is 6.54 Å². The quantitative estimate of drug-likeness (QED) is 0.775. The van der Waals surface area contributed by atoms with Crippen LogP contribution in [0.4, 0.5) is 8.78 Å². The van der Waals surface area contributed by atoms with Gasteiger partial charge in [0, 0.05) is 37.5 Å². The van der Waals surface area contributed by atoms with E-state index in [1.165, 1.54) is 12.1 Å². The number of nitrogens with zero attached hydrogens (tertiary/aromatic N) is 1. The molecule has 2 aromatic rings. The lowest BCUT2D eigenvalue weighted by atomic mass is 10.1. The first-order valence-corrected chi connectivity index (χ1v) is 5.81. The lowest BCUT2D eigenvalue weighted by Crippen LogP contribution is -2.17. The van der Waals surface area contributed by atoms with Gasteiger partial charge in [0.2, 0.25) is 0 Å². The Morgan fingerprint density at radius 1 is 1.22 bits per heavy atom. The first-order valence-electron chi connectivity index (χ1n) is 5.81. The molecule has 0 spiro atoms. The molecule has 96 valence electrons. The Morgan fingerprint density at radius 3 is 2.61 bits per heavy atom. The van der Waals surface area contributed by atoms with E-state index in [9.17, 15) is 8.78 Å². The van der Waals surface area contributed by atoms with Gasteiger partial charge in [0.1, 0.15) is 5.82 Å². The van der Waals surface area contributed by atoms with Crippen molar-refractivity contribution in [3.05, 3.63) is 53.6 Å². The fraction of sp³-hybridized carbons (Fsp3) is 0.308. The van der Waals surface area contributed by atoms with Gasteiger partial charge in [-0.2, -0.15) is 0 Å². The zero-order chi connectivity index (χ0) is 12.8. The number of hydrogen-bond donors (Lipinski definition) is 2. The highest BCUT2D eigenvalue weighted by atomic mass is 19.3. The van der Waals surface area contributed by atoms with E-state index in [4.69, 9.17) is 0 Å². The molecule has 1 aromatic carbocycles. The minimum Gasteiger partial charge on any atom is -0.349 e. The van der Waals surface area contributed by atoms with Crippen LogP contribution in [0.25, 0.3) is 0 Å². The molecule has 0 saturated carbocycles. The van der Waals surface area contributed by atoms with Gasteiger partial charge in [0.15, 0.2) is 0 Å². The van der Waals surface area contributed by atoms with Crippen LogP contribution in [0.3, 0.4) is 0 Å². The summed E-state index contributed by atoms with van der Waals surface area (Å²) in [5.41, 5.74) is 1.06. The molecular weight excluding hydrogens is 236 g/mol. The molecule has 0 fully saturated rings. The highest BCUT2D eigenvalue weighted by Crippen LogP contribution is 2.18. The van der Waals surface area contributed by atoms with Crippen LogP contribution in [0.2, 0.25) is 0 Å². The molecule has 2 N–H and O–H groups in total. The zero-order valence-electron chi connectivity index (χ0n) is 9.87. The van der Waals surface area contributed by atoms with Crippen molar-refractivity contribution >= 4 is 0 Å². The third kappa shape index (κ3) is 3.63. The molecule has 0 atom stereocenters. The van der Waals surface area contributed by atoms with E-state index >= 15 is 0 Å². The summed E-state index contributed by atoms with van der Waals surface area (Å²) in [6, 6.07) is 6.38. The van der Waals surface area contributed by atoms with Crippen molar-refractivity contribution in [1.29, 1.82) is 0 Å². The van der Waals surface area contributed by atoms with E-state index in [1.807, 2.05) is 0 Å². The Kier molecular flexibility index (Phi) is 4.41. The average molecular weight is 251 g/mol. The highest BCUT2D eigenvalue weighted by molar-refractivity contribution is 5.23. The Balaban J connectivity index is 1.73. The van der Waals surface area contributed by atoms with Crippen molar-refractivity contribution in [2.45, 2.75) is 19.4 Å². The minimum absolute atomic E-state index is 0.0642. The van der Waals surface area contributed by atoms with Crippen LogP contribution in [0, 0.1) is 0 Å². The maximum absolute atomic E-state index is 12.3. The maximum Gasteiger partial charge on any atom is 0.263 e. The van der Waals surface area contributed by atoms with E-state index in [0.717, 1.165) is 24.4 Å². The molecule has 2 rings (SSSR count). The number of aromatic nitrogens is 2. The fourth-order valence-corrected chi connectivity index (χ4v) is 1.66. The van der Waals surface area contributed by atoms with Gasteiger partial charge in [-0.1, -0.05) is 24.3 Å². The fourth-order valence-electron chi connectivity index (χ4n) is 1.66. The summed E-state index contributed by atoms with van der Waals surface area (Å²) < 4.78 is 24.7. The number of aromatic amines is 1. The number of nitrogens with one attached hydrogen (secondary N) is 2. The van der Waals surface area contributed by atoms with Crippen LogP contribution < -0.4 is 5.32 Å². The third-order valence-corrected chi connectivity index (χ3v) is 2.65. The van der Waals surface area contributed by atoms with Crippen molar-refractivity contribution in [3.63, 3.8) is 0 Å². The van der Waals surface area contributed by atoms with Crippen LogP contribution >= 0.6 is 0 Å². The molecule has 0 aliphatic carbocycles. The summed E-state index contributed by atoms with van der Waals surface area (Å²) in [6.45, 7) is 1.47. The van der Waals surface area contributed by atoms with Crippen molar-refractivity contribution < 1.29 is 8.78 Å². The van der Waals surface area contributed by atoms with Crippen LogP contribution in [-0.2, 0) is 13.0 Å². The predicted octanol–water partition coefficient (Wildman–Crippen LogP) is 2.68. The zero-order valence-corrected chi connectivity index (χ0v) is 9.87. The standard InChI is InChI=1S/C13H15F2N3/c14-13(15)11-3-1-10(2-4-11)9-16-6-5-12-17-7-8-18-12/h1-4,7-8,13,16H,5-6,9H2,(H,17,18). The van der Waals surface area contributed by atoms with Crippen LogP contribution in [-0.4, -0.2) is 16.5 Å². The number of rotatable bonds is 6. The smallest absolute Gasteiger partial charge is 0.263 e. The van der Waals surface area contributed by atoms with Crippen molar-refractivity contribution in [2.75, 3.05) is 6.54 Å². The number of benzene rings is 1. The molecule has 3 nitrogen and oxygen atoms in total. The molecule has 1 heterocycles. The molecule has 0 aliphatic heterocycles. The second kappa shape index (κ2) is 6.26. The van der Waals surface area contributed by atoms with Gasteiger partial charge in [-0.05, 0) is 5.56 Å². The Bertz CT molecular complexity index is 452. The van der Waals surface area contributed by atoms with Gasteiger partial charge >= 0.3 is 0 Å². The monoisotopic (exact) mass is 251 g/mol. The van der Waals surface area contributed by atoms with Gasteiger partial charge in [-0.3, -0.25) is 0 Å². The van der Waals surface area contributed by atoms with Gasteiger partial charge in [-0.15, -0.1) is 0 Å². The van der Waals surface area contributed by atoms with E-state index in [-0.39, 0.29) is 5.56 Å². The molecule has 0 radical (unpaired) electrons. The molecule has 0 unspecified atom stereocenters. The number of imidazole rings is 1. The molecule has 0 aliphatic rings. The number of alkyl halides is 2. The Morgan fingerprint density at radius 2 is 2.00 bits per heavy atom. The molecule has 0 amide bonds. The number of halogens is 2. The SMILES string of the molecule is FC(F)c1ccc(CNCCc2ncc[nH]2)cc1. The normalized spacial score (nSPS) is 11.1. The van der Waals surface area contributed by atoms with Crippen molar-refractivity contribution in [1.82, 2.24) is 15.3 Å². The first kappa shape index (κ1) is 12.7. The van der Waals surface area contributed by atoms with Gasteiger partial charge < -0.3 is 10.3 Å². The van der Waals surface area contributed by atoms with E-state index in [2.05, 4.69) is 15.3 Å². The topological polar surface area (TPSA) is 40.7 Å². The van der Waals surface area contributed by atoms with Crippen LogP contribution in [0.5, 0.6) is 0 Å². The maximum atomic E-state index is 12.3. The molecule has 0 saturated heterocycles. The highest BCUT2D eigenvalue weighted by Gasteiger charge is 2.05. The lowest BCUT2D eigenvalue weighted by Gasteiger charge is -2.05. The average Bonchev–Trinajstić information content (AvgIpc) is 2.88. The molecule has 1 aromatic heterocycles. The number of hydrogen-bond acceptors (Lipinski definition) is 2. The summed E-state index contributed by atoms with van der Waals surface area (Å²) in [5.74, 6) is 0.940. The Hall–Kier alpha value is -1.75. The number of H-pyrrole nitrogens is 1. The molecule has 0 bridgehead atoms. The molecular formula is C13H15F2N3. The van der Waals surface area contributed by atoms with E-state index < -0.39 is 6.43 Å². The second-order valence-corrected chi connectivity index (χ2v) is 4.00. The van der Waals surface area contributed by atoms with Gasteiger partial charge in [-0.25, -0.2) is 13.8 Å².